The first kappa shape index (κ1) is 19.4. The van der Waals surface area contributed by atoms with Crippen LogP contribution in [0.15, 0.2) is 24.3 Å². The van der Waals surface area contributed by atoms with Crippen molar-refractivity contribution in [3.63, 3.8) is 0 Å². The SMILES string of the molecule is CC(C)(C)OC(=O)N1CCN(c2cccc(C3CCC(=O)CC3=O)c2)CC1. The summed E-state index contributed by atoms with van der Waals surface area (Å²) in [5.74, 6) is -0.102. The van der Waals surface area contributed by atoms with Crippen molar-refractivity contribution in [1.82, 2.24) is 4.90 Å². The van der Waals surface area contributed by atoms with Gasteiger partial charge in [-0.3, -0.25) is 9.59 Å². The molecule has 146 valence electrons. The maximum absolute atomic E-state index is 12.2. The molecule has 0 N–H and O–H groups in total. The summed E-state index contributed by atoms with van der Waals surface area (Å²) in [4.78, 5) is 39.9. The normalized spacial score (nSPS) is 21.4. The van der Waals surface area contributed by atoms with Crippen molar-refractivity contribution < 1.29 is 19.1 Å². The first-order valence-electron chi connectivity index (χ1n) is 9.60. The number of hydrogen-bond donors (Lipinski definition) is 0. The molecular weight excluding hydrogens is 344 g/mol. The molecule has 1 saturated carbocycles. The number of nitrogens with zero attached hydrogens (tertiary/aromatic N) is 2. The molecule has 0 radical (unpaired) electrons. The minimum atomic E-state index is -0.490. The molecule has 1 aliphatic heterocycles. The van der Waals surface area contributed by atoms with Gasteiger partial charge in [0.15, 0.2) is 0 Å². The van der Waals surface area contributed by atoms with Gasteiger partial charge < -0.3 is 14.5 Å². The standard InChI is InChI=1S/C21H28N2O4/c1-21(2,3)27-20(26)23-11-9-22(10-12-23)16-6-4-5-15(13-16)18-8-7-17(24)14-19(18)25/h4-6,13,18H,7-12,14H2,1-3H3. The molecule has 1 aromatic rings. The fourth-order valence-electron chi connectivity index (χ4n) is 3.64. The van der Waals surface area contributed by atoms with Gasteiger partial charge in [0.25, 0.3) is 0 Å². The van der Waals surface area contributed by atoms with E-state index in [1.807, 2.05) is 39.0 Å². The van der Waals surface area contributed by atoms with Gasteiger partial charge >= 0.3 is 6.09 Å². The Hall–Kier alpha value is -2.37. The molecule has 3 rings (SSSR count). The number of hydrogen-bond acceptors (Lipinski definition) is 5. The van der Waals surface area contributed by atoms with Crippen LogP contribution in [0.1, 0.15) is 51.5 Å². The number of anilines is 1. The molecule has 6 nitrogen and oxygen atoms in total. The van der Waals surface area contributed by atoms with Crippen LogP contribution in [0.5, 0.6) is 0 Å². The number of ketones is 2. The summed E-state index contributed by atoms with van der Waals surface area (Å²) in [7, 11) is 0. The topological polar surface area (TPSA) is 66.9 Å². The molecule has 2 aliphatic rings. The molecule has 0 bridgehead atoms. The number of benzene rings is 1. The Morgan fingerprint density at radius 2 is 1.81 bits per heavy atom. The van der Waals surface area contributed by atoms with Gasteiger partial charge in [-0.25, -0.2) is 4.79 Å². The van der Waals surface area contributed by atoms with E-state index < -0.39 is 5.60 Å². The maximum Gasteiger partial charge on any atom is 0.410 e. The van der Waals surface area contributed by atoms with Crippen LogP contribution in [-0.2, 0) is 14.3 Å². The number of ether oxygens (including phenoxy) is 1. The molecule has 1 aromatic carbocycles. The Labute approximate surface area is 160 Å². The van der Waals surface area contributed by atoms with Gasteiger partial charge in [-0.05, 0) is 44.9 Å². The highest BCUT2D eigenvalue weighted by Gasteiger charge is 2.29. The fraction of sp³-hybridized carbons (Fsp3) is 0.571. The lowest BCUT2D eigenvalue weighted by Crippen LogP contribution is -2.50. The summed E-state index contributed by atoms with van der Waals surface area (Å²) in [6.45, 7) is 8.26. The average molecular weight is 372 g/mol. The number of amides is 1. The smallest absolute Gasteiger partial charge is 0.410 e. The molecule has 1 aliphatic carbocycles. The summed E-state index contributed by atoms with van der Waals surface area (Å²) in [6.07, 6.45) is 0.875. The zero-order valence-corrected chi connectivity index (χ0v) is 16.4. The van der Waals surface area contributed by atoms with Gasteiger partial charge in [-0.2, -0.15) is 0 Å². The van der Waals surface area contributed by atoms with E-state index in [0.29, 0.717) is 25.9 Å². The number of carbonyl (C=O) groups is 3. The lowest BCUT2D eigenvalue weighted by Gasteiger charge is -2.37. The van der Waals surface area contributed by atoms with Gasteiger partial charge in [0.2, 0.25) is 0 Å². The quantitative estimate of drug-likeness (QED) is 0.746. The summed E-state index contributed by atoms with van der Waals surface area (Å²) < 4.78 is 5.44. The van der Waals surface area contributed by atoms with Gasteiger partial charge in [0.05, 0.1) is 6.42 Å². The molecule has 0 spiro atoms. The minimum Gasteiger partial charge on any atom is -0.444 e. The molecule has 1 atom stereocenters. The van der Waals surface area contributed by atoms with E-state index in [0.717, 1.165) is 24.3 Å². The van der Waals surface area contributed by atoms with Crippen molar-refractivity contribution in [2.45, 2.75) is 51.6 Å². The largest absolute Gasteiger partial charge is 0.444 e. The number of Topliss-reactive ketones (excluding diaryl/α,β-unsaturated/α-hetero) is 2. The second-order valence-corrected chi connectivity index (χ2v) is 8.32. The summed E-state index contributed by atoms with van der Waals surface area (Å²) in [5, 5.41) is 0. The molecule has 1 heterocycles. The highest BCUT2D eigenvalue weighted by Crippen LogP contribution is 2.31. The van der Waals surface area contributed by atoms with Crippen LogP contribution in [0.2, 0.25) is 0 Å². The molecule has 1 unspecified atom stereocenters. The van der Waals surface area contributed by atoms with E-state index >= 15 is 0 Å². The lowest BCUT2D eigenvalue weighted by atomic mass is 9.82. The molecule has 1 amide bonds. The van der Waals surface area contributed by atoms with Gasteiger partial charge in [-0.15, -0.1) is 0 Å². The highest BCUT2D eigenvalue weighted by molar-refractivity contribution is 6.04. The van der Waals surface area contributed by atoms with E-state index in [2.05, 4.69) is 11.0 Å². The Balaban J connectivity index is 1.63. The third-order valence-electron chi connectivity index (χ3n) is 5.04. The van der Waals surface area contributed by atoms with E-state index in [4.69, 9.17) is 4.74 Å². The number of rotatable bonds is 2. The van der Waals surface area contributed by atoms with Crippen molar-refractivity contribution in [2.75, 3.05) is 31.1 Å². The second-order valence-electron chi connectivity index (χ2n) is 8.32. The molecule has 2 fully saturated rings. The van der Waals surface area contributed by atoms with E-state index in [-0.39, 0.29) is 30.0 Å². The Morgan fingerprint density at radius 3 is 2.44 bits per heavy atom. The lowest BCUT2D eigenvalue weighted by molar-refractivity contribution is -0.130. The summed E-state index contributed by atoms with van der Waals surface area (Å²) in [5.41, 5.74) is 1.55. The fourth-order valence-corrected chi connectivity index (χ4v) is 3.64. The first-order valence-corrected chi connectivity index (χ1v) is 9.60. The predicted molar refractivity (Wildman–Crippen MR) is 103 cm³/mol. The summed E-state index contributed by atoms with van der Waals surface area (Å²) in [6, 6.07) is 8.03. The third kappa shape index (κ3) is 4.87. The number of piperazine rings is 1. The van der Waals surface area contributed by atoms with E-state index in [1.165, 1.54) is 0 Å². The zero-order chi connectivity index (χ0) is 19.6. The van der Waals surface area contributed by atoms with Crippen molar-refractivity contribution in [1.29, 1.82) is 0 Å². The Kier molecular flexibility index (Phi) is 5.53. The predicted octanol–water partition coefficient (Wildman–Crippen LogP) is 3.15. The molecule has 0 aromatic heterocycles. The highest BCUT2D eigenvalue weighted by atomic mass is 16.6. The van der Waals surface area contributed by atoms with Gasteiger partial charge in [0, 0.05) is 44.2 Å². The van der Waals surface area contributed by atoms with Crippen molar-refractivity contribution >= 4 is 23.3 Å². The van der Waals surface area contributed by atoms with Crippen molar-refractivity contribution in [3.05, 3.63) is 29.8 Å². The molecule has 6 heteroatoms. The second kappa shape index (κ2) is 7.71. The van der Waals surface area contributed by atoms with Crippen molar-refractivity contribution in [2.24, 2.45) is 0 Å². The third-order valence-corrected chi connectivity index (χ3v) is 5.04. The van der Waals surface area contributed by atoms with Gasteiger partial charge in [0.1, 0.15) is 17.2 Å². The first-order chi connectivity index (χ1) is 12.7. The van der Waals surface area contributed by atoms with Crippen LogP contribution < -0.4 is 4.90 Å². The maximum atomic E-state index is 12.2. The van der Waals surface area contributed by atoms with E-state index in [1.54, 1.807) is 4.90 Å². The van der Waals surface area contributed by atoms with Crippen LogP contribution in [0.3, 0.4) is 0 Å². The van der Waals surface area contributed by atoms with Crippen LogP contribution in [-0.4, -0.2) is 54.3 Å². The van der Waals surface area contributed by atoms with Crippen LogP contribution in [0, 0.1) is 0 Å². The van der Waals surface area contributed by atoms with Crippen molar-refractivity contribution in [3.8, 4) is 0 Å². The monoisotopic (exact) mass is 372 g/mol. The minimum absolute atomic E-state index is 0.0261. The van der Waals surface area contributed by atoms with Crippen LogP contribution in [0.25, 0.3) is 0 Å². The zero-order valence-electron chi connectivity index (χ0n) is 16.4. The number of carbonyl (C=O) groups excluding carboxylic acids is 3. The Bertz CT molecular complexity index is 730. The average Bonchev–Trinajstić information content (AvgIpc) is 2.60. The molecule has 1 saturated heterocycles. The molecule has 27 heavy (non-hydrogen) atoms. The van der Waals surface area contributed by atoms with Crippen LogP contribution in [0.4, 0.5) is 10.5 Å². The van der Waals surface area contributed by atoms with E-state index in [9.17, 15) is 14.4 Å². The van der Waals surface area contributed by atoms with Gasteiger partial charge in [-0.1, -0.05) is 12.1 Å². The summed E-state index contributed by atoms with van der Waals surface area (Å²) >= 11 is 0. The van der Waals surface area contributed by atoms with Crippen LogP contribution >= 0.6 is 0 Å². The Morgan fingerprint density at radius 1 is 1.11 bits per heavy atom. The molecular formula is C21H28N2O4.